The molecule has 0 bridgehead atoms. The van der Waals surface area contributed by atoms with Crippen molar-refractivity contribution in [1.82, 2.24) is 9.78 Å². The standard InChI is InChI=1S/C18H18FN3O4S/c1-26-18(23)16-10-13(9-12-5-3-2-4-6-12)22(21-16)17-8-7-14(11-15(17)19)27(20,24)25/h2-6,8,10-11,14H,7,9H2,1H3,(H2,20,24,25). The van der Waals surface area contributed by atoms with Gasteiger partial charge in [-0.3, -0.25) is 0 Å². The van der Waals surface area contributed by atoms with Gasteiger partial charge < -0.3 is 4.74 Å². The van der Waals surface area contributed by atoms with Gasteiger partial charge in [0, 0.05) is 12.1 Å². The largest absolute Gasteiger partial charge is 0.464 e. The summed E-state index contributed by atoms with van der Waals surface area (Å²) in [6.07, 6.45) is 2.78. The molecule has 27 heavy (non-hydrogen) atoms. The Kier molecular flexibility index (Phi) is 5.24. The number of carbonyl (C=O) groups is 1. The number of nitrogens with zero attached hydrogens (tertiary/aromatic N) is 2. The minimum Gasteiger partial charge on any atom is -0.464 e. The number of nitrogens with two attached hydrogens (primary N) is 1. The first kappa shape index (κ1) is 19.0. The molecule has 0 saturated heterocycles. The van der Waals surface area contributed by atoms with Gasteiger partial charge in [0.2, 0.25) is 10.0 Å². The molecule has 1 heterocycles. The smallest absolute Gasteiger partial charge is 0.358 e. The van der Waals surface area contributed by atoms with E-state index in [1.165, 1.54) is 23.9 Å². The first-order valence-electron chi connectivity index (χ1n) is 8.10. The number of hydrogen-bond donors (Lipinski definition) is 1. The van der Waals surface area contributed by atoms with Crippen molar-refractivity contribution in [2.75, 3.05) is 7.11 Å². The number of carbonyl (C=O) groups excluding carboxylic acids is 1. The molecule has 2 N–H and O–H groups in total. The van der Waals surface area contributed by atoms with Crippen molar-refractivity contribution >= 4 is 21.7 Å². The number of primary sulfonamides is 1. The molecule has 3 rings (SSSR count). The van der Waals surface area contributed by atoms with E-state index in [2.05, 4.69) is 5.10 Å². The molecule has 1 aliphatic rings. The first-order valence-corrected chi connectivity index (χ1v) is 9.71. The molecule has 0 spiro atoms. The predicted octanol–water partition coefficient (Wildman–Crippen LogP) is 2.02. The SMILES string of the molecule is COC(=O)c1cc(Cc2ccccc2)n(C2=CCC(S(N)(=O)=O)C=C2F)n1. The van der Waals surface area contributed by atoms with Gasteiger partial charge in [-0.15, -0.1) is 0 Å². The monoisotopic (exact) mass is 391 g/mol. The van der Waals surface area contributed by atoms with Crippen LogP contribution in [0.3, 0.4) is 0 Å². The normalized spacial score (nSPS) is 17.2. The number of ether oxygens (including phenoxy) is 1. The van der Waals surface area contributed by atoms with E-state index in [0.717, 1.165) is 11.6 Å². The van der Waals surface area contributed by atoms with Crippen LogP contribution < -0.4 is 5.14 Å². The average molecular weight is 391 g/mol. The van der Waals surface area contributed by atoms with Gasteiger partial charge in [0.1, 0.15) is 5.83 Å². The Balaban J connectivity index is 2.01. The number of methoxy groups -OCH3 is 1. The van der Waals surface area contributed by atoms with Crippen molar-refractivity contribution in [1.29, 1.82) is 0 Å². The van der Waals surface area contributed by atoms with E-state index in [-0.39, 0.29) is 17.8 Å². The van der Waals surface area contributed by atoms with Crippen LogP contribution in [0.5, 0.6) is 0 Å². The lowest BCUT2D eigenvalue weighted by atomic mass is 10.1. The van der Waals surface area contributed by atoms with Crippen molar-refractivity contribution < 1.29 is 22.3 Å². The van der Waals surface area contributed by atoms with Gasteiger partial charge in [-0.05, 0) is 24.1 Å². The molecule has 0 aliphatic heterocycles. The molecule has 1 aromatic heterocycles. The molecule has 142 valence electrons. The zero-order valence-corrected chi connectivity index (χ0v) is 15.3. The van der Waals surface area contributed by atoms with Gasteiger partial charge in [0.15, 0.2) is 5.69 Å². The topological polar surface area (TPSA) is 104 Å². The van der Waals surface area contributed by atoms with Crippen molar-refractivity contribution in [3.8, 4) is 0 Å². The van der Waals surface area contributed by atoms with E-state index < -0.39 is 27.1 Å². The molecule has 0 fully saturated rings. The quantitative estimate of drug-likeness (QED) is 0.785. The maximum Gasteiger partial charge on any atom is 0.358 e. The molecule has 0 amide bonds. The third kappa shape index (κ3) is 4.15. The molecule has 1 aromatic carbocycles. The van der Waals surface area contributed by atoms with E-state index in [9.17, 15) is 17.6 Å². The summed E-state index contributed by atoms with van der Waals surface area (Å²) in [4.78, 5) is 11.9. The van der Waals surface area contributed by atoms with Crippen LogP contribution in [0.25, 0.3) is 5.70 Å². The fourth-order valence-electron chi connectivity index (χ4n) is 2.82. The molecule has 1 aliphatic carbocycles. The van der Waals surface area contributed by atoms with Crippen molar-refractivity contribution in [3.63, 3.8) is 0 Å². The molecule has 1 atom stereocenters. The van der Waals surface area contributed by atoms with E-state index in [4.69, 9.17) is 9.88 Å². The van der Waals surface area contributed by atoms with Gasteiger partial charge in [0.25, 0.3) is 0 Å². The molecule has 2 aromatic rings. The summed E-state index contributed by atoms with van der Waals surface area (Å²) in [5.41, 5.74) is 1.60. The average Bonchev–Trinajstić information content (AvgIpc) is 3.04. The summed E-state index contributed by atoms with van der Waals surface area (Å²) in [5.74, 6) is -1.42. The fraction of sp³-hybridized carbons (Fsp3) is 0.222. The summed E-state index contributed by atoms with van der Waals surface area (Å²) in [6, 6.07) is 10.9. The van der Waals surface area contributed by atoms with Gasteiger partial charge >= 0.3 is 5.97 Å². The van der Waals surface area contributed by atoms with Gasteiger partial charge in [-0.2, -0.15) is 5.10 Å². The van der Waals surface area contributed by atoms with Gasteiger partial charge in [0.05, 0.1) is 18.1 Å². The van der Waals surface area contributed by atoms with Crippen LogP contribution >= 0.6 is 0 Å². The summed E-state index contributed by atoms with van der Waals surface area (Å²) >= 11 is 0. The van der Waals surface area contributed by atoms with Crippen molar-refractivity contribution in [2.45, 2.75) is 18.1 Å². The highest BCUT2D eigenvalue weighted by Crippen LogP contribution is 2.28. The highest BCUT2D eigenvalue weighted by molar-refractivity contribution is 7.89. The third-order valence-corrected chi connectivity index (χ3v) is 5.35. The second-order valence-corrected chi connectivity index (χ2v) is 7.84. The Hall–Kier alpha value is -2.78. The lowest BCUT2D eigenvalue weighted by Crippen LogP contribution is -2.28. The van der Waals surface area contributed by atoms with Crippen molar-refractivity contribution in [2.24, 2.45) is 5.14 Å². The molecular formula is C18H18FN3O4S. The van der Waals surface area contributed by atoms with Crippen LogP contribution in [0.1, 0.15) is 28.2 Å². The second kappa shape index (κ2) is 7.45. The number of esters is 1. The highest BCUT2D eigenvalue weighted by Gasteiger charge is 2.27. The highest BCUT2D eigenvalue weighted by atomic mass is 32.2. The zero-order chi connectivity index (χ0) is 19.6. The Morgan fingerprint density at radius 3 is 2.67 bits per heavy atom. The summed E-state index contributed by atoms with van der Waals surface area (Å²) < 4.78 is 43.5. The fourth-order valence-corrected chi connectivity index (χ4v) is 3.50. The van der Waals surface area contributed by atoms with E-state index in [1.54, 1.807) is 0 Å². The number of rotatable bonds is 5. The van der Waals surface area contributed by atoms with E-state index in [0.29, 0.717) is 12.1 Å². The lowest BCUT2D eigenvalue weighted by molar-refractivity contribution is 0.0593. The maximum atomic E-state index is 14.6. The molecule has 9 heteroatoms. The minimum absolute atomic E-state index is 0.0137. The van der Waals surface area contributed by atoms with Gasteiger partial charge in [-0.1, -0.05) is 36.4 Å². The number of hydrogen-bond acceptors (Lipinski definition) is 5. The molecule has 0 radical (unpaired) electrons. The lowest BCUT2D eigenvalue weighted by Gasteiger charge is -2.17. The molecular weight excluding hydrogens is 373 g/mol. The summed E-state index contributed by atoms with van der Waals surface area (Å²) in [7, 11) is -2.67. The molecule has 1 unspecified atom stereocenters. The van der Waals surface area contributed by atoms with Crippen LogP contribution in [0.2, 0.25) is 0 Å². The molecule has 0 saturated carbocycles. The Labute approximate surface area is 156 Å². The third-order valence-electron chi connectivity index (χ3n) is 4.18. The summed E-state index contributed by atoms with van der Waals surface area (Å²) in [5, 5.41) is 8.12. The second-order valence-electron chi connectivity index (χ2n) is 6.05. The van der Waals surface area contributed by atoms with E-state index >= 15 is 0 Å². The van der Waals surface area contributed by atoms with Crippen LogP contribution in [0.15, 0.2) is 54.4 Å². The maximum absolute atomic E-state index is 14.6. The Bertz CT molecular complexity index is 1030. The number of benzene rings is 1. The number of halogens is 1. The number of allylic oxidation sites excluding steroid dienone is 3. The van der Waals surface area contributed by atoms with Crippen LogP contribution in [-0.4, -0.2) is 36.5 Å². The Morgan fingerprint density at radius 1 is 1.37 bits per heavy atom. The van der Waals surface area contributed by atoms with Crippen LogP contribution in [-0.2, 0) is 21.2 Å². The summed E-state index contributed by atoms with van der Waals surface area (Å²) in [6.45, 7) is 0. The first-order chi connectivity index (χ1) is 12.8. The van der Waals surface area contributed by atoms with E-state index in [1.807, 2.05) is 30.3 Å². The molecule has 7 nitrogen and oxygen atoms in total. The number of sulfonamides is 1. The van der Waals surface area contributed by atoms with Crippen LogP contribution in [0.4, 0.5) is 4.39 Å². The minimum atomic E-state index is -3.90. The van der Waals surface area contributed by atoms with Crippen LogP contribution in [0, 0.1) is 0 Å². The Morgan fingerprint density at radius 2 is 2.07 bits per heavy atom. The van der Waals surface area contributed by atoms with Crippen molar-refractivity contribution in [3.05, 3.63) is 71.3 Å². The predicted molar refractivity (Wildman–Crippen MR) is 97.8 cm³/mol. The zero-order valence-electron chi connectivity index (χ0n) is 14.5. The number of aromatic nitrogens is 2. The van der Waals surface area contributed by atoms with Gasteiger partial charge in [-0.25, -0.2) is 27.4 Å².